The Hall–Kier alpha value is -1.85. The van der Waals surface area contributed by atoms with Gasteiger partial charge in [-0.15, -0.1) is 0 Å². The molecule has 0 heterocycles. The van der Waals surface area contributed by atoms with Crippen LogP contribution in [0.25, 0.3) is 0 Å². The van der Waals surface area contributed by atoms with Crippen molar-refractivity contribution in [2.45, 2.75) is 51.5 Å². The Kier molecular flexibility index (Phi) is 7.47. The Labute approximate surface area is 153 Å². The first kappa shape index (κ1) is 19.5. The molecule has 5 nitrogen and oxygen atoms in total. The van der Waals surface area contributed by atoms with Crippen LogP contribution in [-0.4, -0.2) is 24.5 Å². The van der Waals surface area contributed by atoms with Crippen LogP contribution in [0.2, 0.25) is 5.02 Å². The molecule has 0 saturated carbocycles. The van der Waals surface area contributed by atoms with Crippen molar-refractivity contribution in [1.29, 1.82) is 0 Å². The molecule has 0 aromatic heterocycles. The third-order valence-corrected chi connectivity index (χ3v) is 4.96. The molecule has 0 spiro atoms. The molecule has 1 aliphatic carbocycles. The number of carbonyl (C=O) groups excluding carboxylic acids is 2. The topological polar surface area (TPSA) is 85.8 Å². The molecule has 3 N–H and O–H groups in total. The maximum Gasteiger partial charge on any atom is 0.230 e. The van der Waals surface area contributed by atoms with E-state index in [2.05, 4.69) is 11.4 Å². The first-order valence-corrected chi connectivity index (χ1v) is 9.12. The SMILES string of the molecule is Cc1c(Cl)cccc1NC(=O)C[C@H]([NH2+]CCC1=CCCCC1)C(=O)[O-]. The van der Waals surface area contributed by atoms with E-state index in [9.17, 15) is 14.7 Å². The minimum atomic E-state index is -1.21. The van der Waals surface area contributed by atoms with Gasteiger partial charge in [-0.3, -0.25) is 4.79 Å². The lowest BCUT2D eigenvalue weighted by molar-refractivity contribution is -0.682. The van der Waals surface area contributed by atoms with Crippen LogP contribution in [0, 0.1) is 6.92 Å². The summed E-state index contributed by atoms with van der Waals surface area (Å²) in [7, 11) is 0. The van der Waals surface area contributed by atoms with E-state index >= 15 is 0 Å². The first-order chi connectivity index (χ1) is 12.0. The fourth-order valence-corrected chi connectivity index (χ4v) is 3.18. The number of hydrogen-bond donors (Lipinski definition) is 2. The Balaban J connectivity index is 1.85. The molecule has 0 bridgehead atoms. The van der Waals surface area contributed by atoms with Crippen molar-refractivity contribution in [3.63, 3.8) is 0 Å². The standard InChI is InChI=1S/C19H25ClN2O3/c1-13-15(20)8-5-9-16(13)22-18(23)12-17(19(24)25)21-11-10-14-6-3-2-4-7-14/h5-6,8-9,17,21H,2-4,7,10-12H2,1H3,(H,22,23)(H,24,25)/t17-/m0/s1. The highest BCUT2D eigenvalue weighted by molar-refractivity contribution is 6.31. The average molecular weight is 365 g/mol. The van der Waals surface area contributed by atoms with E-state index in [1.165, 1.54) is 18.4 Å². The number of carboxylic acid groups (broad SMARTS) is 1. The summed E-state index contributed by atoms with van der Waals surface area (Å²) in [6.07, 6.45) is 7.63. The first-order valence-electron chi connectivity index (χ1n) is 8.74. The molecule has 0 radical (unpaired) electrons. The quantitative estimate of drug-likeness (QED) is 0.686. The van der Waals surface area contributed by atoms with Crippen molar-refractivity contribution in [3.8, 4) is 0 Å². The van der Waals surface area contributed by atoms with E-state index in [1.807, 2.05) is 0 Å². The lowest BCUT2D eigenvalue weighted by Gasteiger charge is -2.18. The largest absolute Gasteiger partial charge is 0.544 e. The van der Waals surface area contributed by atoms with Crippen LogP contribution < -0.4 is 15.7 Å². The normalized spacial score (nSPS) is 15.4. The van der Waals surface area contributed by atoms with Gasteiger partial charge in [0.1, 0.15) is 6.04 Å². The Morgan fingerprint density at radius 1 is 1.36 bits per heavy atom. The molecule has 1 amide bonds. The number of aliphatic carboxylic acids is 1. The molecule has 6 heteroatoms. The third kappa shape index (κ3) is 6.18. The molecule has 1 aliphatic rings. The maximum atomic E-state index is 12.2. The highest BCUT2D eigenvalue weighted by atomic mass is 35.5. The van der Waals surface area contributed by atoms with E-state index in [0.717, 1.165) is 24.8 Å². The Morgan fingerprint density at radius 3 is 2.84 bits per heavy atom. The predicted octanol–water partition coefficient (Wildman–Crippen LogP) is 1.55. The van der Waals surface area contributed by atoms with Gasteiger partial charge in [-0.05, 0) is 50.3 Å². The number of quaternary nitrogens is 1. The van der Waals surface area contributed by atoms with Gasteiger partial charge in [0.15, 0.2) is 0 Å². The molecule has 0 fully saturated rings. The van der Waals surface area contributed by atoms with Crippen LogP contribution in [0.5, 0.6) is 0 Å². The molecular weight excluding hydrogens is 340 g/mol. The molecule has 1 aromatic carbocycles. The van der Waals surface area contributed by atoms with Crippen LogP contribution in [-0.2, 0) is 9.59 Å². The fraction of sp³-hybridized carbons (Fsp3) is 0.474. The zero-order valence-electron chi connectivity index (χ0n) is 14.5. The average Bonchev–Trinajstić information content (AvgIpc) is 2.59. The van der Waals surface area contributed by atoms with Crippen molar-refractivity contribution in [3.05, 3.63) is 40.4 Å². The number of allylic oxidation sites excluding steroid dienone is 1. The number of carbonyl (C=O) groups is 2. The van der Waals surface area contributed by atoms with Crippen molar-refractivity contribution in [2.24, 2.45) is 0 Å². The summed E-state index contributed by atoms with van der Waals surface area (Å²) in [5, 5.41) is 16.3. The second kappa shape index (κ2) is 9.59. The molecular formula is C19H25ClN2O3. The minimum absolute atomic E-state index is 0.132. The summed E-state index contributed by atoms with van der Waals surface area (Å²) < 4.78 is 0. The van der Waals surface area contributed by atoms with Crippen LogP contribution in [0.15, 0.2) is 29.8 Å². The summed E-state index contributed by atoms with van der Waals surface area (Å²) in [5.74, 6) is -1.57. The van der Waals surface area contributed by atoms with E-state index in [0.29, 0.717) is 17.3 Å². The molecule has 0 saturated heterocycles. The Morgan fingerprint density at radius 2 is 2.16 bits per heavy atom. The van der Waals surface area contributed by atoms with Crippen molar-refractivity contribution in [1.82, 2.24) is 0 Å². The van der Waals surface area contributed by atoms with Gasteiger partial charge in [0.25, 0.3) is 0 Å². The highest BCUT2D eigenvalue weighted by Crippen LogP contribution is 2.23. The number of halogens is 1. The van der Waals surface area contributed by atoms with Crippen LogP contribution >= 0.6 is 11.6 Å². The van der Waals surface area contributed by atoms with Gasteiger partial charge >= 0.3 is 0 Å². The molecule has 25 heavy (non-hydrogen) atoms. The number of amides is 1. The zero-order valence-corrected chi connectivity index (χ0v) is 15.3. The van der Waals surface area contributed by atoms with Crippen molar-refractivity contribution in [2.75, 3.05) is 11.9 Å². The summed E-state index contributed by atoms with van der Waals surface area (Å²) in [4.78, 5) is 23.5. The van der Waals surface area contributed by atoms with Gasteiger partial charge in [-0.25, -0.2) is 0 Å². The summed E-state index contributed by atoms with van der Waals surface area (Å²) in [6, 6.07) is 4.34. The number of hydrogen-bond acceptors (Lipinski definition) is 3. The molecule has 0 aliphatic heterocycles. The molecule has 2 rings (SSSR count). The molecule has 136 valence electrons. The molecule has 0 unspecified atom stereocenters. The number of nitrogens with two attached hydrogens (primary N) is 1. The van der Waals surface area contributed by atoms with Gasteiger partial charge in [0.2, 0.25) is 5.91 Å². The third-order valence-electron chi connectivity index (χ3n) is 4.55. The second-order valence-corrected chi connectivity index (χ2v) is 6.88. The second-order valence-electron chi connectivity index (χ2n) is 6.47. The van der Waals surface area contributed by atoms with Gasteiger partial charge < -0.3 is 20.5 Å². The zero-order chi connectivity index (χ0) is 18.2. The number of benzene rings is 1. The molecule has 1 atom stereocenters. The maximum absolute atomic E-state index is 12.2. The van der Waals surface area contributed by atoms with E-state index < -0.39 is 12.0 Å². The monoisotopic (exact) mass is 364 g/mol. The lowest BCUT2D eigenvalue weighted by atomic mass is 9.97. The highest BCUT2D eigenvalue weighted by Gasteiger charge is 2.19. The van der Waals surface area contributed by atoms with Crippen molar-refractivity contribution < 1.29 is 20.0 Å². The number of rotatable bonds is 8. The van der Waals surface area contributed by atoms with Crippen LogP contribution in [0.3, 0.4) is 0 Å². The smallest absolute Gasteiger partial charge is 0.230 e. The summed E-state index contributed by atoms with van der Waals surface area (Å²) in [5.41, 5.74) is 2.75. The van der Waals surface area contributed by atoms with Crippen LogP contribution in [0.1, 0.15) is 44.1 Å². The van der Waals surface area contributed by atoms with Gasteiger partial charge in [-0.2, -0.15) is 0 Å². The van der Waals surface area contributed by atoms with Crippen LogP contribution in [0.4, 0.5) is 5.69 Å². The number of anilines is 1. The number of carboxylic acids is 1. The number of nitrogens with one attached hydrogen (secondary N) is 1. The lowest BCUT2D eigenvalue weighted by Crippen LogP contribution is -2.93. The van der Waals surface area contributed by atoms with Gasteiger partial charge in [0.05, 0.1) is 18.9 Å². The molecule has 1 aromatic rings. The predicted molar refractivity (Wildman–Crippen MR) is 96.2 cm³/mol. The van der Waals surface area contributed by atoms with E-state index in [1.54, 1.807) is 30.4 Å². The van der Waals surface area contributed by atoms with Gasteiger partial charge in [-0.1, -0.05) is 29.3 Å². The van der Waals surface area contributed by atoms with Crippen molar-refractivity contribution >= 4 is 29.2 Å². The summed E-state index contributed by atoms with van der Waals surface area (Å²) in [6.45, 7) is 2.45. The fourth-order valence-electron chi connectivity index (χ4n) is 3.01. The minimum Gasteiger partial charge on any atom is -0.544 e. The van der Waals surface area contributed by atoms with E-state index in [-0.39, 0.29) is 12.3 Å². The Bertz CT molecular complexity index is 658. The van der Waals surface area contributed by atoms with Gasteiger partial charge in [0, 0.05) is 17.1 Å². The summed E-state index contributed by atoms with van der Waals surface area (Å²) >= 11 is 6.03. The van der Waals surface area contributed by atoms with E-state index in [4.69, 9.17) is 11.6 Å².